The lowest BCUT2D eigenvalue weighted by Crippen LogP contribution is -2.42. The maximum absolute atomic E-state index is 6.13. The second kappa shape index (κ2) is 6.17. The van der Waals surface area contributed by atoms with Crippen LogP contribution < -0.4 is 5.73 Å². The molecular weight excluding hydrogens is 220 g/mol. The Hall–Kier alpha value is -1.12. The van der Waals surface area contributed by atoms with Crippen molar-refractivity contribution in [3.05, 3.63) is 42.0 Å². The average Bonchev–Trinajstić information content (AvgIpc) is 2.40. The summed E-state index contributed by atoms with van der Waals surface area (Å²) in [4.78, 5) is 2.46. The molecule has 0 aromatic heterocycles. The van der Waals surface area contributed by atoms with E-state index in [9.17, 15) is 0 Å². The van der Waals surface area contributed by atoms with E-state index < -0.39 is 0 Å². The van der Waals surface area contributed by atoms with Crippen LogP contribution in [0.1, 0.15) is 25.8 Å². The number of hydrogen-bond donors (Lipinski definition) is 1. The third-order valence-electron chi connectivity index (χ3n) is 3.76. The molecule has 0 bridgehead atoms. The van der Waals surface area contributed by atoms with Gasteiger partial charge >= 0.3 is 0 Å². The van der Waals surface area contributed by atoms with Crippen LogP contribution in [0.2, 0.25) is 0 Å². The molecule has 2 N–H and O–H groups in total. The van der Waals surface area contributed by atoms with Gasteiger partial charge in [-0.25, -0.2) is 0 Å². The highest BCUT2D eigenvalue weighted by atomic mass is 15.1. The first kappa shape index (κ1) is 13.3. The fourth-order valence-electron chi connectivity index (χ4n) is 2.30. The predicted octanol–water partition coefficient (Wildman–Crippen LogP) is 2.76. The van der Waals surface area contributed by atoms with Gasteiger partial charge in [0.25, 0.3) is 0 Å². The Labute approximate surface area is 110 Å². The standard InChI is InChI=1S/C16H24N2/c1-13(2)16(17)12-18-10-8-15(9-11-18)14-6-4-3-5-7-14/h3-8,13,16H,9-12,17H2,1-2H3. The van der Waals surface area contributed by atoms with E-state index >= 15 is 0 Å². The Morgan fingerprint density at radius 2 is 1.94 bits per heavy atom. The zero-order valence-electron chi connectivity index (χ0n) is 11.5. The Morgan fingerprint density at radius 1 is 1.22 bits per heavy atom. The lowest BCUT2D eigenvalue weighted by molar-refractivity contribution is 0.259. The summed E-state index contributed by atoms with van der Waals surface area (Å²) in [5, 5.41) is 0. The van der Waals surface area contributed by atoms with Crippen LogP contribution in [0.5, 0.6) is 0 Å². The summed E-state index contributed by atoms with van der Waals surface area (Å²) < 4.78 is 0. The Balaban J connectivity index is 1.92. The molecule has 1 aliphatic heterocycles. The molecule has 2 rings (SSSR count). The summed E-state index contributed by atoms with van der Waals surface area (Å²) in [5.41, 5.74) is 8.97. The van der Waals surface area contributed by atoms with Crippen molar-refractivity contribution in [1.29, 1.82) is 0 Å². The summed E-state index contributed by atoms with van der Waals surface area (Å²) in [7, 11) is 0. The fraction of sp³-hybridized carbons (Fsp3) is 0.500. The normalized spacial score (nSPS) is 18.8. The molecule has 0 fully saturated rings. The van der Waals surface area contributed by atoms with Crippen LogP contribution in [-0.4, -0.2) is 30.6 Å². The smallest absolute Gasteiger partial charge is 0.0191 e. The van der Waals surface area contributed by atoms with Crippen molar-refractivity contribution in [3.8, 4) is 0 Å². The maximum Gasteiger partial charge on any atom is 0.0191 e. The molecule has 0 saturated heterocycles. The number of rotatable bonds is 4. The van der Waals surface area contributed by atoms with Crippen LogP contribution in [-0.2, 0) is 0 Å². The first-order valence-electron chi connectivity index (χ1n) is 6.89. The topological polar surface area (TPSA) is 29.3 Å². The molecule has 1 unspecified atom stereocenters. The van der Waals surface area contributed by atoms with Crippen molar-refractivity contribution < 1.29 is 0 Å². The molecule has 0 amide bonds. The largest absolute Gasteiger partial charge is 0.326 e. The van der Waals surface area contributed by atoms with Gasteiger partial charge in [-0.05, 0) is 23.5 Å². The second-order valence-electron chi connectivity index (χ2n) is 5.51. The van der Waals surface area contributed by atoms with Crippen LogP contribution in [0.3, 0.4) is 0 Å². The van der Waals surface area contributed by atoms with Crippen LogP contribution in [0.4, 0.5) is 0 Å². The van der Waals surface area contributed by atoms with Gasteiger partial charge in [0.05, 0.1) is 0 Å². The molecule has 98 valence electrons. The van der Waals surface area contributed by atoms with Gasteiger partial charge in [0.2, 0.25) is 0 Å². The van der Waals surface area contributed by atoms with Gasteiger partial charge in [-0.15, -0.1) is 0 Å². The first-order valence-corrected chi connectivity index (χ1v) is 6.89. The highest BCUT2D eigenvalue weighted by molar-refractivity contribution is 5.66. The van der Waals surface area contributed by atoms with Gasteiger partial charge in [0.15, 0.2) is 0 Å². The van der Waals surface area contributed by atoms with Gasteiger partial charge in [0.1, 0.15) is 0 Å². The summed E-state index contributed by atoms with van der Waals surface area (Å²) >= 11 is 0. The Morgan fingerprint density at radius 3 is 2.50 bits per heavy atom. The fourth-order valence-corrected chi connectivity index (χ4v) is 2.30. The monoisotopic (exact) mass is 244 g/mol. The maximum atomic E-state index is 6.13. The van der Waals surface area contributed by atoms with Crippen molar-refractivity contribution in [3.63, 3.8) is 0 Å². The lowest BCUT2D eigenvalue weighted by atomic mass is 9.98. The zero-order chi connectivity index (χ0) is 13.0. The molecule has 0 saturated carbocycles. The minimum atomic E-state index is 0.289. The van der Waals surface area contributed by atoms with Crippen molar-refractivity contribution in [2.24, 2.45) is 11.7 Å². The van der Waals surface area contributed by atoms with E-state index in [0.29, 0.717) is 5.92 Å². The molecule has 0 spiro atoms. The molecular formula is C16H24N2. The number of benzene rings is 1. The van der Waals surface area contributed by atoms with E-state index in [1.165, 1.54) is 11.1 Å². The van der Waals surface area contributed by atoms with Gasteiger partial charge < -0.3 is 5.73 Å². The third kappa shape index (κ3) is 3.44. The molecule has 1 aromatic rings. The minimum absolute atomic E-state index is 0.289. The van der Waals surface area contributed by atoms with Crippen LogP contribution in [0, 0.1) is 5.92 Å². The molecule has 1 aromatic carbocycles. The number of hydrogen-bond acceptors (Lipinski definition) is 2. The molecule has 18 heavy (non-hydrogen) atoms. The van der Waals surface area contributed by atoms with Crippen LogP contribution in [0.15, 0.2) is 36.4 Å². The second-order valence-corrected chi connectivity index (χ2v) is 5.51. The molecule has 2 heteroatoms. The number of nitrogens with zero attached hydrogens (tertiary/aromatic N) is 1. The van der Waals surface area contributed by atoms with Crippen molar-refractivity contribution >= 4 is 5.57 Å². The molecule has 2 nitrogen and oxygen atoms in total. The SMILES string of the molecule is CC(C)C(N)CN1CC=C(c2ccccc2)CC1. The Kier molecular flexibility index (Phi) is 4.56. The van der Waals surface area contributed by atoms with Crippen molar-refractivity contribution in [2.45, 2.75) is 26.3 Å². The zero-order valence-corrected chi connectivity index (χ0v) is 11.5. The van der Waals surface area contributed by atoms with Crippen LogP contribution >= 0.6 is 0 Å². The average molecular weight is 244 g/mol. The van der Waals surface area contributed by atoms with E-state index in [1.807, 2.05) is 0 Å². The summed E-state index contributed by atoms with van der Waals surface area (Å²) in [6, 6.07) is 11.0. The van der Waals surface area contributed by atoms with E-state index in [-0.39, 0.29) is 6.04 Å². The quantitative estimate of drug-likeness (QED) is 0.882. The molecule has 0 aliphatic carbocycles. The third-order valence-corrected chi connectivity index (χ3v) is 3.76. The molecule has 1 atom stereocenters. The van der Waals surface area contributed by atoms with Gasteiger partial charge in [-0.2, -0.15) is 0 Å². The van der Waals surface area contributed by atoms with Crippen LogP contribution in [0.25, 0.3) is 5.57 Å². The molecule has 1 heterocycles. The van der Waals surface area contributed by atoms with Gasteiger partial charge in [0, 0.05) is 25.7 Å². The van der Waals surface area contributed by atoms with E-state index in [4.69, 9.17) is 5.73 Å². The summed E-state index contributed by atoms with van der Waals surface area (Å²) in [5.74, 6) is 0.560. The molecule has 1 aliphatic rings. The van der Waals surface area contributed by atoms with Gasteiger partial charge in [-0.3, -0.25) is 4.90 Å². The van der Waals surface area contributed by atoms with E-state index in [2.05, 4.69) is 55.2 Å². The summed E-state index contributed by atoms with van der Waals surface area (Å²) in [6.45, 7) is 7.56. The predicted molar refractivity (Wildman–Crippen MR) is 78.3 cm³/mol. The number of nitrogens with two attached hydrogens (primary N) is 1. The van der Waals surface area contributed by atoms with E-state index in [1.54, 1.807) is 0 Å². The molecule has 0 radical (unpaired) electrons. The highest BCUT2D eigenvalue weighted by Gasteiger charge is 2.16. The van der Waals surface area contributed by atoms with Crippen molar-refractivity contribution in [2.75, 3.05) is 19.6 Å². The first-order chi connectivity index (χ1) is 8.66. The van der Waals surface area contributed by atoms with Crippen molar-refractivity contribution in [1.82, 2.24) is 4.90 Å². The van der Waals surface area contributed by atoms with E-state index in [0.717, 1.165) is 26.1 Å². The minimum Gasteiger partial charge on any atom is -0.326 e. The Bertz CT molecular complexity index is 395. The lowest BCUT2D eigenvalue weighted by Gasteiger charge is -2.30. The summed E-state index contributed by atoms with van der Waals surface area (Å²) in [6.07, 6.45) is 3.49. The highest BCUT2D eigenvalue weighted by Crippen LogP contribution is 2.22. The van der Waals surface area contributed by atoms with Gasteiger partial charge in [-0.1, -0.05) is 50.3 Å².